The molecule has 1 fully saturated rings. The highest BCUT2D eigenvalue weighted by atomic mass is 35.7. The van der Waals surface area contributed by atoms with Gasteiger partial charge < -0.3 is 9.64 Å². The minimum atomic E-state index is -3.80. The molecular formula is C10H10ClNO5S2. The van der Waals surface area contributed by atoms with Gasteiger partial charge in [-0.1, -0.05) is 0 Å². The number of esters is 1. The Bertz CT molecular complexity index is 624. The molecule has 9 heteroatoms. The lowest BCUT2D eigenvalue weighted by Crippen LogP contribution is -2.27. The second-order valence-electron chi connectivity index (χ2n) is 3.94. The SMILES string of the molecule is COC(=O)c1ccsc1N1CC(S(=O)(=O)Cl)CC1=O. The van der Waals surface area contributed by atoms with Crippen LogP contribution in [0.2, 0.25) is 0 Å². The molecule has 6 nitrogen and oxygen atoms in total. The molecule has 19 heavy (non-hydrogen) atoms. The van der Waals surface area contributed by atoms with Crippen molar-refractivity contribution in [1.82, 2.24) is 0 Å². The molecule has 0 aliphatic carbocycles. The van der Waals surface area contributed by atoms with Gasteiger partial charge in [-0.25, -0.2) is 13.2 Å². The van der Waals surface area contributed by atoms with Crippen LogP contribution in [0.5, 0.6) is 0 Å². The number of halogens is 1. The molecular weight excluding hydrogens is 314 g/mol. The van der Waals surface area contributed by atoms with E-state index in [2.05, 4.69) is 4.74 Å². The van der Waals surface area contributed by atoms with Crippen LogP contribution in [-0.4, -0.2) is 39.2 Å². The Hall–Kier alpha value is -1.12. The number of methoxy groups -OCH3 is 1. The number of carbonyl (C=O) groups is 2. The number of thiophene rings is 1. The van der Waals surface area contributed by atoms with E-state index >= 15 is 0 Å². The van der Waals surface area contributed by atoms with E-state index in [1.165, 1.54) is 29.4 Å². The van der Waals surface area contributed by atoms with E-state index in [4.69, 9.17) is 10.7 Å². The zero-order chi connectivity index (χ0) is 14.2. The van der Waals surface area contributed by atoms with Crippen molar-refractivity contribution < 1.29 is 22.7 Å². The van der Waals surface area contributed by atoms with Gasteiger partial charge in [-0.15, -0.1) is 11.3 Å². The fourth-order valence-corrected chi connectivity index (χ4v) is 3.78. The molecule has 0 radical (unpaired) electrons. The standard InChI is InChI=1S/C10H10ClNO5S2/c1-17-10(14)7-2-3-18-9(7)12-5-6(4-8(12)13)19(11,15)16/h2-3,6H,4-5H2,1H3. The van der Waals surface area contributed by atoms with Crippen LogP contribution in [0.1, 0.15) is 16.8 Å². The molecule has 0 aromatic carbocycles. The molecule has 2 rings (SSSR count). The molecule has 0 bridgehead atoms. The molecule has 1 atom stereocenters. The zero-order valence-corrected chi connectivity index (χ0v) is 12.2. The third-order valence-electron chi connectivity index (χ3n) is 2.78. The number of nitrogens with zero attached hydrogens (tertiary/aromatic N) is 1. The van der Waals surface area contributed by atoms with Gasteiger partial charge in [0.25, 0.3) is 0 Å². The Labute approximate surface area is 118 Å². The van der Waals surface area contributed by atoms with Crippen molar-refractivity contribution in [1.29, 1.82) is 0 Å². The largest absolute Gasteiger partial charge is 0.465 e. The lowest BCUT2D eigenvalue weighted by Gasteiger charge is -2.15. The van der Waals surface area contributed by atoms with Gasteiger partial charge in [0.05, 0.1) is 12.7 Å². The number of hydrogen-bond acceptors (Lipinski definition) is 6. The highest BCUT2D eigenvalue weighted by Gasteiger charge is 2.39. The predicted octanol–water partition coefficient (Wildman–Crippen LogP) is 1.21. The van der Waals surface area contributed by atoms with E-state index in [0.29, 0.717) is 5.00 Å². The average Bonchev–Trinajstić information content (AvgIpc) is 2.92. The summed E-state index contributed by atoms with van der Waals surface area (Å²) in [5, 5.41) is 1.08. The van der Waals surface area contributed by atoms with Crippen LogP contribution in [0.4, 0.5) is 5.00 Å². The summed E-state index contributed by atoms with van der Waals surface area (Å²) in [5.41, 5.74) is 0.244. The van der Waals surface area contributed by atoms with Crippen LogP contribution in [-0.2, 0) is 18.6 Å². The van der Waals surface area contributed by atoms with Crippen molar-refractivity contribution in [2.24, 2.45) is 0 Å². The first kappa shape index (κ1) is 14.3. The van der Waals surface area contributed by atoms with E-state index in [1.807, 2.05) is 0 Å². The number of hydrogen-bond donors (Lipinski definition) is 0. The van der Waals surface area contributed by atoms with Crippen molar-refractivity contribution in [2.75, 3.05) is 18.6 Å². The molecule has 1 aliphatic heterocycles. The maximum Gasteiger partial charge on any atom is 0.340 e. The topological polar surface area (TPSA) is 80.8 Å². The van der Waals surface area contributed by atoms with Crippen molar-refractivity contribution in [3.63, 3.8) is 0 Å². The lowest BCUT2D eigenvalue weighted by molar-refractivity contribution is -0.117. The number of ether oxygens (including phenoxy) is 1. The summed E-state index contributed by atoms with van der Waals surface area (Å²) < 4.78 is 27.1. The summed E-state index contributed by atoms with van der Waals surface area (Å²) in [5.74, 6) is -0.942. The van der Waals surface area contributed by atoms with E-state index in [0.717, 1.165) is 0 Å². The molecule has 1 amide bonds. The van der Waals surface area contributed by atoms with E-state index in [9.17, 15) is 18.0 Å². The first-order chi connectivity index (χ1) is 8.84. The van der Waals surface area contributed by atoms with E-state index in [-0.39, 0.29) is 24.4 Å². The Morgan fingerprint density at radius 1 is 1.58 bits per heavy atom. The van der Waals surface area contributed by atoms with E-state index < -0.39 is 20.3 Å². The quantitative estimate of drug-likeness (QED) is 0.617. The second-order valence-corrected chi connectivity index (χ2v) is 7.74. The number of carbonyl (C=O) groups excluding carboxylic acids is 2. The molecule has 0 saturated carbocycles. The smallest absolute Gasteiger partial charge is 0.340 e. The van der Waals surface area contributed by atoms with Gasteiger partial charge in [-0.2, -0.15) is 0 Å². The predicted molar refractivity (Wildman–Crippen MR) is 71.2 cm³/mol. The fraction of sp³-hybridized carbons (Fsp3) is 0.400. The molecule has 0 N–H and O–H groups in total. The van der Waals surface area contributed by atoms with Crippen molar-refractivity contribution in [2.45, 2.75) is 11.7 Å². The van der Waals surface area contributed by atoms with Crippen LogP contribution in [0.3, 0.4) is 0 Å². The highest BCUT2D eigenvalue weighted by molar-refractivity contribution is 8.14. The molecule has 1 aromatic heterocycles. The van der Waals surface area contributed by atoms with Gasteiger partial charge in [-0.3, -0.25) is 4.79 Å². The summed E-state index contributed by atoms with van der Waals surface area (Å²) in [6.45, 7) is -0.0465. The first-order valence-corrected chi connectivity index (χ1v) is 8.49. The van der Waals surface area contributed by atoms with Crippen LogP contribution < -0.4 is 4.90 Å². The van der Waals surface area contributed by atoms with Gasteiger partial charge in [-0.05, 0) is 11.4 Å². The van der Waals surface area contributed by atoms with Crippen molar-refractivity contribution in [3.8, 4) is 0 Å². The molecule has 1 aromatic rings. The molecule has 1 unspecified atom stereocenters. The number of rotatable bonds is 3. The van der Waals surface area contributed by atoms with Gasteiger partial charge in [0.15, 0.2) is 0 Å². The molecule has 0 spiro atoms. The molecule has 1 saturated heterocycles. The highest BCUT2D eigenvalue weighted by Crippen LogP contribution is 2.33. The molecule has 104 valence electrons. The van der Waals surface area contributed by atoms with Crippen LogP contribution in [0, 0.1) is 0 Å². The molecule has 2 heterocycles. The minimum absolute atomic E-state index is 0.0465. The minimum Gasteiger partial charge on any atom is -0.465 e. The van der Waals surface area contributed by atoms with Gasteiger partial charge >= 0.3 is 5.97 Å². The summed E-state index contributed by atoms with van der Waals surface area (Å²) in [4.78, 5) is 24.7. The van der Waals surface area contributed by atoms with Crippen molar-refractivity contribution >= 4 is 47.9 Å². The third kappa shape index (κ3) is 2.75. The first-order valence-electron chi connectivity index (χ1n) is 5.24. The van der Waals surface area contributed by atoms with Gasteiger partial charge in [0, 0.05) is 23.6 Å². The number of amides is 1. The normalized spacial score (nSPS) is 19.8. The Kier molecular flexibility index (Phi) is 3.84. The Morgan fingerprint density at radius 3 is 2.79 bits per heavy atom. The van der Waals surface area contributed by atoms with Gasteiger partial charge in [0.2, 0.25) is 15.0 Å². The molecule has 1 aliphatic rings. The summed E-state index contributed by atoms with van der Waals surface area (Å²) >= 11 is 1.17. The van der Waals surface area contributed by atoms with Crippen LogP contribution >= 0.6 is 22.0 Å². The monoisotopic (exact) mass is 323 g/mol. The Morgan fingerprint density at radius 2 is 2.26 bits per heavy atom. The zero-order valence-electron chi connectivity index (χ0n) is 9.83. The van der Waals surface area contributed by atoms with E-state index in [1.54, 1.807) is 5.38 Å². The van der Waals surface area contributed by atoms with Crippen LogP contribution in [0.15, 0.2) is 11.4 Å². The Balaban J connectivity index is 2.32. The fourth-order valence-electron chi connectivity index (χ4n) is 1.84. The lowest BCUT2D eigenvalue weighted by atomic mass is 10.3. The third-order valence-corrected chi connectivity index (χ3v) is 5.59. The van der Waals surface area contributed by atoms with Gasteiger partial charge in [0.1, 0.15) is 10.3 Å². The summed E-state index contributed by atoms with van der Waals surface area (Å²) in [6, 6.07) is 1.53. The second kappa shape index (κ2) is 5.10. The summed E-state index contributed by atoms with van der Waals surface area (Å²) in [7, 11) is 2.70. The maximum atomic E-state index is 11.9. The van der Waals surface area contributed by atoms with Crippen molar-refractivity contribution in [3.05, 3.63) is 17.0 Å². The summed E-state index contributed by atoms with van der Waals surface area (Å²) in [6.07, 6.45) is -0.176. The average molecular weight is 324 g/mol. The number of anilines is 1. The maximum absolute atomic E-state index is 11.9. The van der Waals surface area contributed by atoms with Crippen LogP contribution in [0.25, 0.3) is 0 Å².